The molecule has 0 fully saturated rings. The highest BCUT2D eigenvalue weighted by atomic mass is 35.5. The maximum absolute atomic E-state index is 6.25. The summed E-state index contributed by atoms with van der Waals surface area (Å²) in [5.74, 6) is 2.07. The number of benzene rings is 2. The molecule has 0 saturated carbocycles. The van der Waals surface area contributed by atoms with Crippen LogP contribution >= 0.6 is 11.6 Å². The predicted octanol–water partition coefficient (Wildman–Crippen LogP) is 4.20. The molecule has 5 aromatic rings. The van der Waals surface area contributed by atoms with Crippen molar-refractivity contribution in [2.24, 2.45) is 0 Å². The molecule has 0 saturated heterocycles. The summed E-state index contributed by atoms with van der Waals surface area (Å²) in [4.78, 5) is 22.8. The van der Waals surface area contributed by atoms with Crippen molar-refractivity contribution in [3.05, 3.63) is 65.6 Å². The van der Waals surface area contributed by atoms with Gasteiger partial charge in [-0.2, -0.15) is 4.98 Å². The molecule has 0 radical (unpaired) electrons. The number of aromatic amines is 1. The SMILES string of the molecule is Nc1nc2ncc(-c3ccc4c(c3)CN(c3ncnc5ccc(Cl)cc35)CCO4)cc2[nH]1. The van der Waals surface area contributed by atoms with Gasteiger partial charge in [0.15, 0.2) is 11.6 Å². The maximum atomic E-state index is 6.25. The predicted molar refractivity (Wildman–Crippen MR) is 125 cm³/mol. The monoisotopic (exact) mass is 443 g/mol. The molecule has 9 heteroatoms. The number of H-pyrrole nitrogens is 1. The molecule has 0 amide bonds. The van der Waals surface area contributed by atoms with Gasteiger partial charge in [-0.25, -0.2) is 15.0 Å². The first-order chi connectivity index (χ1) is 15.6. The second-order valence-electron chi connectivity index (χ2n) is 7.67. The topological polar surface area (TPSA) is 106 Å². The van der Waals surface area contributed by atoms with E-state index < -0.39 is 0 Å². The lowest BCUT2D eigenvalue weighted by Crippen LogP contribution is -2.26. The number of nitrogens with two attached hydrogens (primary N) is 1. The van der Waals surface area contributed by atoms with Crippen LogP contribution in [0.15, 0.2) is 55.0 Å². The fraction of sp³-hybridized carbons (Fsp3) is 0.130. The van der Waals surface area contributed by atoms with E-state index in [1.54, 1.807) is 12.5 Å². The van der Waals surface area contributed by atoms with Crippen LogP contribution in [0.3, 0.4) is 0 Å². The van der Waals surface area contributed by atoms with Crippen LogP contribution < -0.4 is 15.4 Å². The number of nitrogen functional groups attached to an aromatic ring is 1. The molecular formula is C23H18ClN7O. The van der Waals surface area contributed by atoms with Crippen molar-refractivity contribution >= 4 is 45.4 Å². The second kappa shape index (κ2) is 7.35. The number of hydrogen-bond acceptors (Lipinski definition) is 7. The Morgan fingerprint density at radius 3 is 2.91 bits per heavy atom. The molecule has 0 bridgehead atoms. The van der Waals surface area contributed by atoms with Crippen LogP contribution in [0.2, 0.25) is 5.02 Å². The van der Waals surface area contributed by atoms with Crippen LogP contribution in [0.4, 0.5) is 11.8 Å². The normalized spacial score (nSPS) is 13.7. The molecule has 2 aromatic carbocycles. The number of halogens is 1. The van der Waals surface area contributed by atoms with Crippen molar-refractivity contribution in [3.8, 4) is 16.9 Å². The Bertz CT molecular complexity index is 1480. The zero-order chi connectivity index (χ0) is 21.7. The summed E-state index contributed by atoms with van der Waals surface area (Å²) >= 11 is 6.25. The minimum atomic E-state index is 0.354. The van der Waals surface area contributed by atoms with Gasteiger partial charge in [0, 0.05) is 34.3 Å². The minimum Gasteiger partial charge on any atom is -0.491 e. The molecule has 8 nitrogen and oxygen atoms in total. The molecule has 158 valence electrons. The largest absolute Gasteiger partial charge is 0.491 e. The quantitative estimate of drug-likeness (QED) is 0.421. The third-order valence-electron chi connectivity index (χ3n) is 5.61. The molecular weight excluding hydrogens is 426 g/mol. The van der Waals surface area contributed by atoms with Crippen molar-refractivity contribution in [1.82, 2.24) is 24.9 Å². The third kappa shape index (κ3) is 3.25. The van der Waals surface area contributed by atoms with Gasteiger partial charge in [-0.3, -0.25) is 0 Å². The molecule has 0 aliphatic carbocycles. The Morgan fingerprint density at radius 1 is 1.03 bits per heavy atom. The molecule has 0 spiro atoms. The average Bonchev–Trinajstić information content (AvgIpc) is 3.04. The molecule has 0 atom stereocenters. The van der Waals surface area contributed by atoms with Crippen LogP contribution in [0, 0.1) is 0 Å². The maximum Gasteiger partial charge on any atom is 0.200 e. The molecule has 3 N–H and O–H groups in total. The van der Waals surface area contributed by atoms with Crippen LogP contribution in [0.25, 0.3) is 33.2 Å². The number of hydrogen-bond donors (Lipinski definition) is 2. The van der Waals surface area contributed by atoms with Gasteiger partial charge in [0.2, 0.25) is 0 Å². The summed E-state index contributed by atoms with van der Waals surface area (Å²) in [7, 11) is 0. The third-order valence-corrected chi connectivity index (χ3v) is 5.84. The Morgan fingerprint density at radius 2 is 1.97 bits per heavy atom. The van der Waals surface area contributed by atoms with Gasteiger partial charge in [-0.1, -0.05) is 17.7 Å². The molecule has 1 aliphatic heterocycles. The summed E-state index contributed by atoms with van der Waals surface area (Å²) in [6.45, 7) is 1.90. The van der Waals surface area contributed by atoms with Gasteiger partial charge in [0.25, 0.3) is 0 Å². The fourth-order valence-electron chi connectivity index (χ4n) is 4.10. The lowest BCUT2D eigenvalue weighted by atomic mass is 10.0. The Labute approximate surface area is 188 Å². The molecule has 0 unspecified atom stereocenters. The summed E-state index contributed by atoms with van der Waals surface area (Å²) in [5, 5.41) is 1.58. The number of pyridine rings is 1. The summed E-state index contributed by atoms with van der Waals surface area (Å²) < 4.78 is 6.04. The van der Waals surface area contributed by atoms with Gasteiger partial charge in [0.1, 0.15) is 24.5 Å². The number of rotatable bonds is 2. The summed E-state index contributed by atoms with van der Waals surface area (Å²) in [6.07, 6.45) is 3.39. The van der Waals surface area contributed by atoms with Gasteiger partial charge in [-0.15, -0.1) is 0 Å². The van der Waals surface area contributed by atoms with E-state index in [2.05, 4.69) is 35.9 Å². The molecule has 6 rings (SSSR count). The van der Waals surface area contributed by atoms with Crippen LogP contribution in [0.5, 0.6) is 5.75 Å². The number of ether oxygens (including phenoxy) is 1. The highest BCUT2D eigenvalue weighted by molar-refractivity contribution is 6.31. The van der Waals surface area contributed by atoms with Crippen LogP contribution in [0.1, 0.15) is 5.56 Å². The number of aromatic nitrogens is 5. The number of nitrogens with one attached hydrogen (secondary N) is 1. The zero-order valence-electron chi connectivity index (χ0n) is 16.9. The first-order valence-electron chi connectivity index (χ1n) is 10.2. The van der Waals surface area contributed by atoms with E-state index >= 15 is 0 Å². The van der Waals surface area contributed by atoms with E-state index in [1.165, 1.54) is 0 Å². The van der Waals surface area contributed by atoms with E-state index in [-0.39, 0.29) is 0 Å². The smallest absolute Gasteiger partial charge is 0.200 e. The van der Waals surface area contributed by atoms with Crippen molar-refractivity contribution < 1.29 is 4.74 Å². The lowest BCUT2D eigenvalue weighted by molar-refractivity contribution is 0.331. The second-order valence-corrected chi connectivity index (χ2v) is 8.10. The Hall–Kier alpha value is -3.91. The highest BCUT2D eigenvalue weighted by Gasteiger charge is 2.20. The summed E-state index contributed by atoms with van der Waals surface area (Å²) in [6, 6.07) is 13.8. The number of nitrogens with zero attached hydrogens (tertiary/aromatic N) is 5. The molecule has 4 heterocycles. The van der Waals surface area contributed by atoms with E-state index in [4.69, 9.17) is 22.1 Å². The summed E-state index contributed by atoms with van der Waals surface area (Å²) in [5.41, 5.74) is 11.1. The lowest BCUT2D eigenvalue weighted by Gasteiger charge is -2.22. The molecule has 1 aliphatic rings. The molecule has 32 heavy (non-hydrogen) atoms. The number of imidazole rings is 1. The Kier molecular flexibility index (Phi) is 4.32. The van der Waals surface area contributed by atoms with Crippen LogP contribution in [-0.4, -0.2) is 38.1 Å². The van der Waals surface area contributed by atoms with E-state index in [1.807, 2.05) is 36.4 Å². The average molecular weight is 444 g/mol. The van der Waals surface area contributed by atoms with E-state index in [9.17, 15) is 0 Å². The standard InChI is InChI=1S/C23H18ClN7O/c24-16-2-3-18-17(9-16)22(28-12-27-18)31-5-6-32-20-4-1-13(7-15(20)11-31)14-8-19-21(26-10-14)30-23(25)29-19/h1-4,7-10,12H,5-6,11H2,(H3,25,26,29,30). The minimum absolute atomic E-state index is 0.354. The van der Waals surface area contributed by atoms with E-state index in [0.29, 0.717) is 36.3 Å². The first-order valence-corrected chi connectivity index (χ1v) is 10.5. The highest BCUT2D eigenvalue weighted by Crippen LogP contribution is 2.33. The zero-order valence-corrected chi connectivity index (χ0v) is 17.7. The van der Waals surface area contributed by atoms with Gasteiger partial charge in [0.05, 0.1) is 17.6 Å². The molecule has 3 aromatic heterocycles. The number of fused-ring (bicyclic) bond motifs is 3. The number of anilines is 2. The van der Waals surface area contributed by atoms with Crippen LogP contribution in [-0.2, 0) is 6.54 Å². The van der Waals surface area contributed by atoms with Crippen molar-refractivity contribution in [2.45, 2.75) is 6.54 Å². The van der Waals surface area contributed by atoms with Crippen molar-refractivity contribution in [2.75, 3.05) is 23.8 Å². The van der Waals surface area contributed by atoms with Gasteiger partial charge < -0.3 is 20.4 Å². The van der Waals surface area contributed by atoms with E-state index in [0.717, 1.165) is 44.7 Å². The fourth-order valence-corrected chi connectivity index (χ4v) is 4.27. The first kappa shape index (κ1) is 18.8. The van der Waals surface area contributed by atoms with Crippen molar-refractivity contribution in [3.63, 3.8) is 0 Å². The van der Waals surface area contributed by atoms with Crippen molar-refractivity contribution in [1.29, 1.82) is 0 Å². The van der Waals surface area contributed by atoms with Gasteiger partial charge >= 0.3 is 0 Å². The Balaban J connectivity index is 1.40. The van der Waals surface area contributed by atoms with Gasteiger partial charge in [-0.05, 0) is 42.0 Å².